The van der Waals surface area contributed by atoms with Crippen molar-refractivity contribution in [2.45, 2.75) is 45.1 Å². The molecular formula is C20H30N2O2. The maximum Gasteiger partial charge on any atom is 0.222 e. The van der Waals surface area contributed by atoms with E-state index in [4.69, 9.17) is 4.74 Å². The third kappa shape index (κ3) is 4.10. The van der Waals surface area contributed by atoms with Gasteiger partial charge in [0.15, 0.2) is 0 Å². The topological polar surface area (TPSA) is 32.8 Å². The average Bonchev–Trinajstić information content (AvgIpc) is 2.92. The lowest BCUT2D eigenvalue weighted by atomic mass is 9.96. The summed E-state index contributed by atoms with van der Waals surface area (Å²) in [6.07, 6.45) is 5.17. The highest BCUT2D eigenvalue weighted by Crippen LogP contribution is 2.24. The van der Waals surface area contributed by atoms with Gasteiger partial charge >= 0.3 is 0 Å². The first-order chi connectivity index (χ1) is 11.7. The number of carbonyl (C=O) groups is 1. The van der Waals surface area contributed by atoms with Gasteiger partial charge < -0.3 is 9.64 Å². The molecule has 4 nitrogen and oxygen atoms in total. The van der Waals surface area contributed by atoms with Crippen LogP contribution in [0, 0.1) is 5.92 Å². The smallest absolute Gasteiger partial charge is 0.222 e. The van der Waals surface area contributed by atoms with Gasteiger partial charge in [-0.2, -0.15) is 0 Å². The van der Waals surface area contributed by atoms with Crippen molar-refractivity contribution in [3.05, 3.63) is 29.8 Å². The van der Waals surface area contributed by atoms with E-state index < -0.39 is 0 Å². The summed E-state index contributed by atoms with van der Waals surface area (Å²) in [6, 6.07) is 8.72. The molecule has 3 rings (SSSR count). The molecule has 0 saturated carbocycles. The maximum absolute atomic E-state index is 12.8. The highest BCUT2D eigenvalue weighted by atomic mass is 16.5. The van der Waals surface area contributed by atoms with E-state index in [1.54, 1.807) is 7.11 Å². The van der Waals surface area contributed by atoms with Crippen molar-refractivity contribution in [1.29, 1.82) is 0 Å². The van der Waals surface area contributed by atoms with Gasteiger partial charge in [0.2, 0.25) is 5.91 Å². The Kier molecular flexibility index (Phi) is 5.77. The van der Waals surface area contributed by atoms with E-state index in [1.807, 2.05) is 18.2 Å². The summed E-state index contributed by atoms with van der Waals surface area (Å²) in [5, 5.41) is 0. The molecule has 2 saturated heterocycles. The molecule has 0 aromatic heterocycles. The Balaban J connectivity index is 1.55. The van der Waals surface area contributed by atoms with Crippen molar-refractivity contribution in [2.24, 2.45) is 5.92 Å². The number of rotatable bonds is 5. The molecule has 4 heteroatoms. The molecule has 0 bridgehead atoms. The van der Waals surface area contributed by atoms with E-state index in [0.717, 1.165) is 38.2 Å². The number of para-hydroxylation sites is 1. The quantitative estimate of drug-likeness (QED) is 0.832. The van der Waals surface area contributed by atoms with Crippen molar-refractivity contribution in [3.8, 4) is 5.75 Å². The first kappa shape index (κ1) is 17.3. The van der Waals surface area contributed by atoms with Crippen molar-refractivity contribution in [1.82, 2.24) is 9.80 Å². The molecule has 2 aliphatic rings. The van der Waals surface area contributed by atoms with Crippen LogP contribution in [0.4, 0.5) is 0 Å². The molecule has 2 fully saturated rings. The number of nitrogens with zero attached hydrogens (tertiary/aromatic N) is 2. The van der Waals surface area contributed by atoms with Crippen LogP contribution >= 0.6 is 0 Å². The molecule has 132 valence electrons. The molecule has 24 heavy (non-hydrogen) atoms. The minimum atomic E-state index is 0.325. The molecule has 1 aromatic rings. The molecule has 0 unspecified atom stereocenters. The number of benzene rings is 1. The molecule has 0 N–H and O–H groups in total. The fourth-order valence-electron chi connectivity index (χ4n) is 4.18. The van der Waals surface area contributed by atoms with Crippen molar-refractivity contribution >= 4 is 5.91 Å². The third-order valence-electron chi connectivity index (χ3n) is 5.44. The first-order valence-corrected chi connectivity index (χ1v) is 9.31. The predicted octanol–water partition coefficient (Wildman–Crippen LogP) is 2.96. The number of hydrogen-bond acceptors (Lipinski definition) is 3. The normalized spacial score (nSPS) is 22.8. The number of amides is 1. The second-order valence-electron chi connectivity index (χ2n) is 7.35. The lowest BCUT2D eigenvalue weighted by molar-refractivity contribution is -0.132. The molecular weight excluding hydrogens is 300 g/mol. The first-order valence-electron chi connectivity index (χ1n) is 9.31. The Hall–Kier alpha value is -1.55. The van der Waals surface area contributed by atoms with Crippen molar-refractivity contribution in [3.63, 3.8) is 0 Å². The minimum absolute atomic E-state index is 0.325. The zero-order valence-electron chi connectivity index (χ0n) is 15.0. The molecule has 2 heterocycles. The SMILES string of the molecule is COc1ccccc1C[C@H](C)CC(=O)N1CCCN2CCC[C@@H]2C1. The summed E-state index contributed by atoms with van der Waals surface area (Å²) in [4.78, 5) is 17.5. The monoisotopic (exact) mass is 330 g/mol. The molecule has 0 spiro atoms. The second kappa shape index (κ2) is 8.02. The van der Waals surface area contributed by atoms with Crippen molar-refractivity contribution in [2.75, 3.05) is 33.3 Å². The standard InChI is InChI=1S/C20H30N2O2/c1-16(13-17-7-3-4-9-19(17)24-2)14-20(23)22-12-6-11-21-10-5-8-18(21)15-22/h3-4,7,9,16,18H,5-6,8,10-15H2,1-2H3/t16-,18+/m0/s1. The van der Waals surface area contributed by atoms with Crippen LogP contribution in [0.2, 0.25) is 0 Å². The maximum atomic E-state index is 12.8. The average molecular weight is 330 g/mol. The predicted molar refractivity (Wildman–Crippen MR) is 96.3 cm³/mol. The summed E-state index contributed by atoms with van der Waals surface area (Å²) in [6.45, 7) is 6.40. The van der Waals surface area contributed by atoms with Gasteiger partial charge in [0, 0.05) is 32.1 Å². The molecule has 0 radical (unpaired) electrons. The van der Waals surface area contributed by atoms with Crippen LogP contribution in [0.5, 0.6) is 5.75 Å². The van der Waals surface area contributed by atoms with Crippen LogP contribution in [0.3, 0.4) is 0 Å². The summed E-state index contributed by atoms with van der Waals surface area (Å²) in [5.74, 6) is 1.58. The van der Waals surface area contributed by atoms with Gasteiger partial charge in [-0.05, 0) is 49.8 Å². The highest BCUT2D eigenvalue weighted by Gasteiger charge is 2.30. The van der Waals surface area contributed by atoms with Crippen LogP contribution < -0.4 is 4.74 Å². The lowest BCUT2D eigenvalue weighted by Gasteiger charge is -2.26. The van der Waals surface area contributed by atoms with E-state index in [-0.39, 0.29) is 0 Å². The van der Waals surface area contributed by atoms with Crippen LogP contribution in [-0.2, 0) is 11.2 Å². The Morgan fingerprint density at radius 1 is 1.25 bits per heavy atom. The van der Waals surface area contributed by atoms with Gasteiger partial charge in [-0.15, -0.1) is 0 Å². The molecule has 2 aliphatic heterocycles. The number of methoxy groups -OCH3 is 1. The van der Waals surface area contributed by atoms with E-state index in [2.05, 4.69) is 22.8 Å². The molecule has 0 aliphatic carbocycles. The van der Waals surface area contributed by atoms with Crippen LogP contribution in [0.15, 0.2) is 24.3 Å². The number of fused-ring (bicyclic) bond motifs is 1. The molecule has 2 atom stereocenters. The highest BCUT2D eigenvalue weighted by molar-refractivity contribution is 5.76. The largest absolute Gasteiger partial charge is 0.496 e. The summed E-state index contributed by atoms with van der Waals surface area (Å²) >= 11 is 0. The van der Waals surface area contributed by atoms with E-state index in [9.17, 15) is 4.79 Å². The van der Waals surface area contributed by atoms with Gasteiger partial charge in [-0.25, -0.2) is 0 Å². The second-order valence-corrected chi connectivity index (χ2v) is 7.35. The molecule has 1 amide bonds. The zero-order chi connectivity index (χ0) is 16.9. The van der Waals surface area contributed by atoms with E-state index >= 15 is 0 Å². The lowest BCUT2D eigenvalue weighted by Crippen LogP contribution is -2.40. The summed E-state index contributed by atoms with van der Waals surface area (Å²) in [7, 11) is 1.71. The zero-order valence-corrected chi connectivity index (χ0v) is 15.0. The fourth-order valence-corrected chi connectivity index (χ4v) is 4.18. The number of ether oxygens (including phenoxy) is 1. The van der Waals surface area contributed by atoms with Gasteiger partial charge in [-0.1, -0.05) is 25.1 Å². The number of carbonyl (C=O) groups excluding carboxylic acids is 1. The van der Waals surface area contributed by atoms with Crippen molar-refractivity contribution < 1.29 is 9.53 Å². The van der Waals surface area contributed by atoms with Gasteiger partial charge in [-0.3, -0.25) is 9.69 Å². The summed E-state index contributed by atoms with van der Waals surface area (Å²) < 4.78 is 5.43. The number of hydrogen-bond donors (Lipinski definition) is 0. The van der Waals surface area contributed by atoms with Crippen LogP contribution in [0.25, 0.3) is 0 Å². The Morgan fingerprint density at radius 3 is 2.88 bits per heavy atom. The Bertz CT molecular complexity index is 560. The van der Waals surface area contributed by atoms with Gasteiger partial charge in [0.25, 0.3) is 0 Å². The Labute approximate surface area is 145 Å². The summed E-state index contributed by atoms with van der Waals surface area (Å²) in [5.41, 5.74) is 1.19. The van der Waals surface area contributed by atoms with Crippen LogP contribution in [-0.4, -0.2) is 55.0 Å². The van der Waals surface area contributed by atoms with E-state index in [0.29, 0.717) is 24.3 Å². The third-order valence-corrected chi connectivity index (χ3v) is 5.44. The van der Waals surface area contributed by atoms with Gasteiger partial charge in [0.1, 0.15) is 5.75 Å². The Morgan fingerprint density at radius 2 is 2.04 bits per heavy atom. The fraction of sp³-hybridized carbons (Fsp3) is 0.650. The van der Waals surface area contributed by atoms with Crippen LogP contribution in [0.1, 0.15) is 38.2 Å². The van der Waals surface area contributed by atoms with Gasteiger partial charge in [0.05, 0.1) is 7.11 Å². The minimum Gasteiger partial charge on any atom is -0.496 e. The van der Waals surface area contributed by atoms with E-state index in [1.165, 1.54) is 24.9 Å². The molecule has 1 aromatic carbocycles.